The third kappa shape index (κ3) is 4.81. The van der Waals surface area contributed by atoms with Crippen molar-refractivity contribution in [3.8, 4) is 11.6 Å². The Morgan fingerprint density at radius 1 is 1.16 bits per heavy atom. The largest absolute Gasteiger partial charge is 0.493 e. The molecule has 0 aliphatic carbocycles. The quantitative estimate of drug-likeness (QED) is 0.150. The summed E-state index contributed by atoms with van der Waals surface area (Å²) < 4.78 is 81.3. The second kappa shape index (κ2) is 9.74. The van der Waals surface area contributed by atoms with E-state index in [4.69, 9.17) is 0 Å². The van der Waals surface area contributed by atoms with E-state index in [-0.39, 0.29) is 33.0 Å². The molecule has 0 bridgehead atoms. The minimum atomic E-state index is -5.46. The first-order chi connectivity index (χ1) is 14.2. The first-order valence-corrected chi connectivity index (χ1v) is 8.68. The van der Waals surface area contributed by atoms with Crippen molar-refractivity contribution in [3.63, 3.8) is 0 Å². The molecule has 0 saturated heterocycles. The van der Waals surface area contributed by atoms with Crippen LogP contribution in [-0.4, -0.2) is 25.7 Å². The maximum absolute atomic E-state index is 14.5. The van der Waals surface area contributed by atoms with Crippen LogP contribution in [0.2, 0.25) is 0 Å². The number of Topliss-reactive ketones (excluding diaryl/α,β-unsaturated/α-hetero) is 1. The van der Waals surface area contributed by atoms with E-state index in [1.165, 1.54) is 13.8 Å². The Labute approximate surface area is 189 Å². The minimum absolute atomic E-state index is 0. The van der Waals surface area contributed by atoms with Gasteiger partial charge in [0.25, 0.3) is 5.95 Å². The summed E-state index contributed by atoms with van der Waals surface area (Å²) in [4.78, 5) is 15.3. The van der Waals surface area contributed by atoms with E-state index >= 15 is 0 Å². The summed E-state index contributed by atoms with van der Waals surface area (Å²) in [6.45, 7) is 9.63. The third-order valence-electron chi connectivity index (χ3n) is 4.22. The fourth-order valence-electron chi connectivity index (χ4n) is 2.98. The van der Waals surface area contributed by atoms with Crippen LogP contribution in [0.4, 0.5) is 26.3 Å². The van der Waals surface area contributed by atoms with Crippen LogP contribution in [0.3, 0.4) is 0 Å². The molecule has 5 nitrogen and oxygen atoms in total. The zero-order valence-corrected chi connectivity index (χ0v) is 18.4. The maximum Gasteiger partial charge on any atom is 0.436 e. The zero-order chi connectivity index (χ0) is 23.8. The summed E-state index contributed by atoms with van der Waals surface area (Å²) >= 11 is 0. The average molecular weight is 500 g/mol. The van der Waals surface area contributed by atoms with E-state index in [9.17, 15) is 36.2 Å². The molecule has 0 atom stereocenters. The van der Waals surface area contributed by atoms with Crippen molar-refractivity contribution in [2.24, 2.45) is 0 Å². The monoisotopic (exact) mass is 500 g/mol. The van der Waals surface area contributed by atoms with Gasteiger partial charge in [-0.25, -0.2) is 9.37 Å². The number of hydrogen-bond donors (Lipinski definition) is 1. The summed E-state index contributed by atoms with van der Waals surface area (Å²) in [5.41, 5.74) is -4.02. The number of ketones is 1. The first-order valence-electron chi connectivity index (χ1n) is 8.68. The van der Waals surface area contributed by atoms with Crippen LogP contribution in [-0.2, 0) is 23.2 Å². The molecule has 1 N–H and O–H groups in total. The van der Waals surface area contributed by atoms with Gasteiger partial charge in [-0.2, -0.15) is 31.7 Å². The Balaban J connectivity index is 0.00000512. The van der Waals surface area contributed by atoms with E-state index in [2.05, 4.69) is 16.7 Å². The number of alkyl halides is 3. The van der Waals surface area contributed by atoms with Crippen molar-refractivity contribution >= 4 is 5.78 Å². The molecule has 0 fully saturated rings. The number of nitrogens with zero attached hydrogens (tertiary/aromatic N) is 3. The van der Waals surface area contributed by atoms with Crippen LogP contribution in [0.15, 0.2) is 35.5 Å². The zero-order valence-electron chi connectivity index (χ0n) is 17.2. The van der Waals surface area contributed by atoms with E-state index in [1.54, 1.807) is 26.0 Å². The molecule has 2 aromatic heterocycles. The number of hydrogen-bond acceptors (Lipinski definition) is 4. The number of halogens is 6. The van der Waals surface area contributed by atoms with Gasteiger partial charge in [-0.3, -0.25) is 4.79 Å². The van der Waals surface area contributed by atoms with E-state index in [1.807, 2.05) is 0 Å². The number of pyridine rings is 1. The fourth-order valence-corrected chi connectivity index (χ4v) is 2.98. The molecule has 12 heteroatoms. The molecule has 0 saturated carbocycles. The predicted molar refractivity (Wildman–Crippen MR) is 99.3 cm³/mol. The van der Waals surface area contributed by atoms with Crippen molar-refractivity contribution in [1.29, 1.82) is 0 Å². The van der Waals surface area contributed by atoms with Gasteiger partial charge in [-0.15, -0.1) is 0 Å². The van der Waals surface area contributed by atoms with Crippen molar-refractivity contribution in [1.82, 2.24) is 14.8 Å². The Morgan fingerprint density at radius 3 is 2.19 bits per heavy atom. The van der Waals surface area contributed by atoms with Crippen molar-refractivity contribution in [2.75, 3.05) is 0 Å². The molecule has 2 aromatic rings. The average Bonchev–Trinajstić information content (AvgIpc) is 2.91. The third-order valence-corrected chi connectivity index (χ3v) is 4.22. The van der Waals surface area contributed by atoms with Crippen LogP contribution in [0, 0.1) is 24.5 Å². The van der Waals surface area contributed by atoms with Gasteiger partial charge < -0.3 is 5.11 Å². The predicted octanol–water partition coefficient (Wildman–Crippen LogP) is 5.37. The Morgan fingerprint density at radius 2 is 1.72 bits per heavy atom. The summed E-state index contributed by atoms with van der Waals surface area (Å²) in [6, 6.07) is 0. The number of allylic oxidation sites excluding steroid dienone is 5. The molecule has 1 radical (unpaired) electrons. The molecule has 0 unspecified atom stereocenters. The Kier molecular flexibility index (Phi) is 8.28. The second-order valence-electron chi connectivity index (χ2n) is 6.59. The number of aromatic nitrogens is 3. The fraction of sp³-hybridized carbons (Fsp3) is 0.250. The van der Waals surface area contributed by atoms with Crippen molar-refractivity contribution in [3.05, 3.63) is 70.0 Å². The van der Waals surface area contributed by atoms with Gasteiger partial charge in [0.1, 0.15) is 11.3 Å². The minimum Gasteiger partial charge on any atom is -0.493 e. The Bertz CT molecular complexity index is 1150. The van der Waals surface area contributed by atoms with Crippen molar-refractivity contribution in [2.45, 2.75) is 33.9 Å². The van der Waals surface area contributed by atoms with Gasteiger partial charge in [0.2, 0.25) is 17.5 Å². The van der Waals surface area contributed by atoms with Gasteiger partial charge in [0.15, 0.2) is 11.5 Å². The molecule has 0 spiro atoms. The summed E-state index contributed by atoms with van der Waals surface area (Å²) in [7, 11) is 0. The molecular weight excluding hydrogens is 483 g/mol. The number of carbonyl (C=O) groups excluding carboxylic acids is 1. The molecule has 0 aromatic carbocycles. The molecule has 2 heterocycles. The van der Waals surface area contributed by atoms with Gasteiger partial charge in [-0.05, 0) is 38.8 Å². The topological polar surface area (TPSA) is 68.0 Å². The normalized spacial score (nSPS) is 12.6. The molecule has 0 aliphatic heterocycles. The van der Waals surface area contributed by atoms with Gasteiger partial charge in [0.05, 0.1) is 5.69 Å². The summed E-state index contributed by atoms with van der Waals surface area (Å²) in [5.74, 6) is -8.69. The van der Waals surface area contributed by atoms with E-state index < -0.39 is 52.4 Å². The van der Waals surface area contributed by atoms with Crippen LogP contribution in [0.5, 0.6) is 5.88 Å². The van der Waals surface area contributed by atoms with E-state index in [0.29, 0.717) is 11.1 Å². The van der Waals surface area contributed by atoms with Crippen LogP contribution >= 0.6 is 0 Å². The smallest absolute Gasteiger partial charge is 0.436 e. The van der Waals surface area contributed by atoms with Crippen LogP contribution in [0.1, 0.15) is 42.5 Å². The number of rotatable bonds is 5. The second-order valence-corrected chi connectivity index (χ2v) is 6.59. The van der Waals surface area contributed by atoms with Crippen LogP contribution in [0.25, 0.3) is 5.69 Å². The van der Waals surface area contributed by atoms with E-state index in [0.717, 1.165) is 0 Å². The van der Waals surface area contributed by atoms with Crippen molar-refractivity contribution < 1.29 is 53.3 Å². The molecule has 32 heavy (non-hydrogen) atoms. The maximum atomic E-state index is 14.5. The standard InChI is InChI=1S/C20H17F6N3O2.Mn/c1-6-7-9(4)11(8(2)3)16(30)12-10(5)28-29(19(12)31)15-13(21)17(20(24,25)26)27-18(23)14(15)22;/h6-7,31H,2H2,1,3-5H3;/b7-6-,11-9+;. The Hall–Kier alpha value is -2.85. The number of aromatic hydroxyl groups is 1. The van der Waals surface area contributed by atoms with Crippen LogP contribution < -0.4 is 0 Å². The summed E-state index contributed by atoms with van der Waals surface area (Å²) in [6.07, 6.45) is -2.25. The molecular formula is C20H17F6MnN3O2. The number of carbonyl (C=O) groups is 1. The van der Waals surface area contributed by atoms with Gasteiger partial charge in [0, 0.05) is 22.6 Å². The number of aryl methyl sites for hydroxylation is 1. The molecule has 173 valence electrons. The first kappa shape index (κ1) is 27.2. The molecule has 0 amide bonds. The molecule has 2 rings (SSSR count). The van der Waals surface area contributed by atoms with Gasteiger partial charge >= 0.3 is 6.18 Å². The summed E-state index contributed by atoms with van der Waals surface area (Å²) in [5, 5.41) is 14.0. The van der Waals surface area contributed by atoms with Gasteiger partial charge in [-0.1, -0.05) is 18.7 Å². The SMILES string of the molecule is C=C(C)/C(C(=O)c1c(C)nn(-c2c(F)c(F)nc(C(F)(F)F)c2F)c1O)=C(C)\C=C/C.[Mn]. The molecule has 0 aliphatic rings.